The molecule has 0 saturated heterocycles. The third kappa shape index (κ3) is 14.5. The van der Waals surface area contributed by atoms with Crippen molar-refractivity contribution in [3.8, 4) is 0 Å². The molecule has 0 aliphatic carbocycles. The van der Waals surface area contributed by atoms with Crippen LogP contribution in [0.2, 0.25) is 20.1 Å². The van der Waals surface area contributed by atoms with Gasteiger partial charge in [-0.3, -0.25) is 24.6 Å². The minimum Gasteiger partial charge on any atom is -0.481 e. The zero-order valence-corrected chi connectivity index (χ0v) is 34.3. The van der Waals surface area contributed by atoms with Crippen LogP contribution in [0.3, 0.4) is 0 Å². The Labute approximate surface area is 351 Å². The number of hydrazine groups is 1. The molecule has 4 aromatic carbocycles. The first-order valence-corrected chi connectivity index (χ1v) is 18.6. The SMILES string of the molecule is NNC(=O)c1cccc(Cl)c1.[C-]#[N+]c1ccc(CC(C(=O)O)[C@H](C)O)c(C)c1Cl.[C-]#[N+]c1ccc(C[C@@H](C(=O)NCC(=O)c2cccc(Cl)c2)[C@H](C)O)c(C)c1Cl. The van der Waals surface area contributed by atoms with Gasteiger partial charge in [0.15, 0.2) is 5.78 Å². The Balaban J connectivity index is 0.000000329. The monoisotopic (exact) mass is 855 g/mol. The Morgan fingerprint density at radius 3 is 1.56 bits per heavy atom. The van der Waals surface area contributed by atoms with E-state index in [1.54, 1.807) is 80.6 Å². The summed E-state index contributed by atoms with van der Waals surface area (Å²) in [6.07, 6.45) is -1.45. The number of carboxylic acid groups (broad SMARTS) is 1. The number of nitrogens with one attached hydrogen (secondary N) is 2. The number of hydrogen-bond acceptors (Lipinski definition) is 7. The lowest BCUT2D eigenvalue weighted by Gasteiger charge is -2.21. The maximum atomic E-state index is 12.6. The van der Waals surface area contributed by atoms with Crippen LogP contribution in [0.15, 0.2) is 72.8 Å². The summed E-state index contributed by atoms with van der Waals surface area (Å²) in [7, 11) is 0. The number of carbonyl (C=O) groups is 4. The number of hydrogen-bond donors (Lipinski definition) is 6. The van der Waals surface area contributed by atoms with Crippen molar-refractivity contribution in [3.63, 3.8) is 0 Å². The first kappa shape index (κ1) is 48.1. The molecule has 0 aromatic heterocycles. The Morgan fingerprint density at radius 1 is 0.719 bits per heavy atom. The van der Waals surface area contributed by atoms with E-state index in [4.69, 9.17) is 70.5 Å². The fourth-order valence-electron chi connectivity index (χ4n) is 5.23. The first-order chi connectivity index (χ1) is 26.9. The second kappa shape index (κ2) is 23.3. The number of nitrogens with two attached hydrogens (primary N) is 1. The molecule has 4 rings (SSSR count). The van der Waals surface area contributed by atoms with Gasteiger partial charge in [-0.1, -0.05) is 88.9 Å². The number of aliphatic hydroxyl groups excluding tert-OH is 2. The normalized spacial score (nSPS) is 12.4. The molecule has 0 aliphatic rings. The molecule has 1 unspecified atom stereocenters. The maximum Gasteiger partial charge on any atom is 0.309 e. The number of nitrogen functional groups attached to an aromatic ring is 1. The minimum absolute atomic E-state index is 0.191. The maximum absolute atomic E-state index is 12.6. The van der Waals surface area contributed by atoms with Crippen LogP contribution in [0, 0.1) is 38.8 Å². The molecule has 12 nitrogen and oxygen atoms in total. The number of amides is 2. The van der Waals surface area contributed by atoms with E-state index in [0.29, 0.717) is 53.7 Å². The van der Waals surface area contributed by atoms with Gasteiger partial charge in [0.05, 0.1) is 53.8 Å². The number of ketones is 1. The third-order valence-electron chi connectivity index (χ3n) is 8.68. The van der Waals surface area contributed by atoms with Crippen LogP contribution in [0.5, 0.6) is 0 Å². The molecule has 0 saturated carbocycles. The third-order valence-corrected chi connectivity index (χ3v) is 10.1. The van der Waals surface area contributed by atoms with Crippen molar-refractivity contribution in [3.05, 3.63) is 149 Å². The van der Waals surface area contributed by atoms with Gasteiger partial charge in [0, 0.05) is 21.2 Å². The number of aliphatic carboxylic acids is 1. The summed E-state index contributed by atoms with van der Waals surface area (Å²) >= 11 is 23.7. The van der Waals surface area contributed by atoms with Crippen LogP contribution in [-0.2, 0) is 22.4 Å². The first-order valence-electron chi connectivity index (χ1n) is 17.1. The molecule has 0 spiro atoms. The van der Waals surface area contributed by atoms with Gasteiger partial charge in [-0.15, -0.1) is 0 Å². The number of carbonyl (C=O) groups excluding carboxylic acids is 3. The molecular weight excluding hydrogens is 816 g/mol. The van der Waals surface area contributed by atoms with Crippen LogP contribution in [-0.4, -0.2) is 57.6 Å². The van der Waals surface area contributed by atoms with Crippen LogP contribution in [0.25, 0.3) is 9.69 Å². The quantitative estimate of drug-likeness (QED) is 0.0271. The molecule has 0 fully saturated rings. The second-order valence-electron chi connectivity index (χ2n) is 12.7. The Morgan fingerprint density at radius 2 is 1.16 bits per heavy atom. The fourth-order valence-corrected chi connectivity index (χ4v) is 6.07. The van der Waals surface area contributed by atoms with E-state index < -0.39 is 35.9 Å². The smallest absolute Gasteiger partial charge is 0.309 e. The van der Waals surface area contributed by atoms with Gasteiger partial charge in [0.25, 0.3) is 5.91 Å². The predicted octanol–water partition coefficient (Wildman–Crippen LogP) is 8.16. The largest absolute Gasteiger partial charge is 0.481 e. The molecule has 4 aromatic rings. The summed E-state index contributed by atoms with van der Waals surface area (Å²) in [6, 6.07) is 19.6. The average molecular weight is 858 g/mol. The molecular formula is C41H41Cl4N5O7. The van der Waals surface area contributed by atoms with Crippen LogP contribution < -0.4 is 16.6 Å². The predicted molar refractivity (Wildman–Crippen MR) is 222 cm³/mol. The molecule has 0 heterocycles. The van der Waals surface area contributed by atoms with Gasteiger partial charge in [-0.25, -0.2) is 15.5 Å². The number of rotatable bonds is 12. The number of benzene rings is 4. The molecule has 7 N–H and O–H groups in total. The minimum atomic E-state index is -1.05. The van der Waals surface area contributed by atoms with Gasteiger partial charge in [0.1, 0.15) is 0 Å². The van der Waals surface area contributed by atoms with E-state index in [-0.39, 0.29) is 31.1 Å². The van der Waals surface area contributed by atoms with Crippen molar-refractivity contribution in [2.75, 3.05) is 6.54 Å². The van der Waals surface area contributed by atoms with Crippen molar-refractivity contribution in [1.29, 1.82) is 0 Å². The molecule has 300 valence electrons. The van der Waals surface area contributed by atoms with E-state index >= 15 is 0 Å². The number of nitrogens with zero attached hydrogens (tertiary/aromatic N) is 2. The highest BCUT2D eigenvalue weighted by molar-refractivity contribution is 6.34. The molecule has 57 heavy (non-hydrogen) atoms. The molecule has 16 heteroatoms. The van der Waals surface area contributed by atoms with Crippen molar-refractivity contribution in [2.45, 2.75) is 52.7 Å². The van der Waals surface area contributed by atoms with E-state index in [2.05, 4.69) is 15.0 Å². The van der Waals surface area contributed by atoms with Gasteiger partial charge < -0.3 is 20.6 Å². The van der Waals surface area contributed by atoms with Crippen molar-refractivity contribution in [1.82, 2.24) is 10.7 Å². The Kier molecular flexibility index (Phi) is 19.6. The van der Waals surface area contributed by atoms with E-state index in [0.717, 1.165) is 11.1 Å². The lowest BCUT2D eigenvalue weighted by atomic mass is 9.91. The van der Waals surface area contributed by atoms with E-state index in [1.807, 2.05) is 5.43 Å². The van der Waals surface area contributed by atoms with Gasteiger partial charge in [-0.05, 0) is 93.1 Å². The summed E-state index contributed by atoms with van der Waals surface area (Å²) in [6.45, 7) is 20.3. The molecule has 2 amide bonds. The van der Waals surface area contributed by atoms with Crippen molar-refractivity contribution < 1.29 is 34.5 Å². The average Bonchev–Trinajstić information content (AvgIpc) is 3.17. The van der Waals surface area contributed by atoms with Crippen LogP contribution >= 0.6 is 46.4 Å². The highest BCUT2D eigenvalue weighted by Crippen LogP contribution is 2.33. The zero-order chi connectivity index (χ0) is 43.0. The number of carboxylic acids is 1. The fraction of sp³-hybridized carbons (Fsp3) is 0.268. The highest BCUT2D eigenvalue weighted by atomic mass is 35.5. The number of Topliss-reactive ketones (excluding diaryl/α,β-unsaturated/α-hetero) is 1. The van der Waals surface area contributed by atoms with E-state index in [1.165, 1.54) is 19.9 Å². The summed E-state index contributed by atoms with van der Waals surface area (Å²) in [5, 5.41) is 32.8. The van der Waals surface area contributed by atoms with Gasteiger partial charge in [0.2, 0.25) is 17.3 Å². The molecule has 0 bridgehead atoms. The Bertz CT molecular complexity index is 2170. The van der Waals surface area contributed by atoms with Crippen LogP contribution in [0.4, 0.5) is 11.4 Å². The second-order valence-corrected chi connectivity index (χ2v) is 14.3. The van der Waals surface area contributed by atoms with Crippen molar-refractivity contribution in [2.24, 2.45) is 17.7 Å². The molecule has 4 atom stereocenters. The van der Waals surface area contributed by atoms with Gasteiger partial charge >= 0.3 is 5.97 Å². The number of halogens is 4. The highest BCUT2D eigenvalue weighted by Gasteiger charge is 2.26. The van der Waals surface area contributed by atoms with Crippen LogP contribution in [0.1, 0.15) is 56.8 Å². The number of aliphatic hydroxyl groups is 2. The lowest BCUT2D eigenvalue weighted by molar-refractivity contribution is -0.145. The van der Waals surface area contributed by atoms with E-state index in [9.17, 15) is 29.4 Å². The lowest BCUT2D eigenvalue weighted by Crippen LogP contribution is -2.40. The standard InChI is InChI=1S/C21H20Cl2N2O3.C13H14ClNO3.C7H7ClN2O/c1-12-14(7-8-18(24-3)20(12)23)10-17(13(2)26)21(28)25-11-19(27)15-5-4-6-16(22)9-15;1-7-9(4-5-11(15-3)12(7)14)6-10(8(2)16)13(17)18;8-6-3-1-2-5(4-6)7(11)10-9/h4-9,13,17,26H,10-11H2,1-2H3,(H,25,28);4-5,8,10,16H,6H2,1-2H3,(H,17,18);1-4H,9H2,(H,10,11)/t13-,17+;8-,10?;/m00./s1. The Hall–Kier alpha value is -5.02. The molecule has 0 radical (unpaired) electrons. The summed E-state index contributed by atoms with van der Waals surface area (Å²) < 4.78 is 0. The zero-order valence-electron chi connectivity index (χ0n) is 31.3. The topological polar surface area (TPSA) is 188 Å². The summed E-state index contributed by atoms with van der Waals surface area (Å²) in [4.78, 5) is 53.3. The van der Waals surface area contributed by atoms with Crippen molar-refractivity contribution >= 4 is 81.3 Å². The molecule has 0 aliphatic heterocycles. The summed E-state index contributed by atoms with van der Waals surface area (Å²) in [5.41, 5.74) is 6.45. The van der Waals surface area contributed by atoms with Gasteiger partial charge in [-0.2, -0.15) is 0 Å². The summed E-state index contributed by atoms with van der Waals surface area (Å²) in [5.74, 6) is 1.17.